The Morgan fingerprint density at radius 2 is 1.92 bits per heavy atom. The average molecular weight is 327 g/mol. The summed E-state index contributed by atoms with van der Waals surface area (Å²) in [5, 5.41) is 9.72. The summed E-state index contributed by atoms with van der Waals surface area (Å²) in [7, 11) is 0. The number of benzene rings is 1. The molecule has 0 spiro atoms. The minimum atomic E-state index is 0.168. The van der Waals surface area contributed by atoms with Crippen LogP contribution in [-0.4, -0.2) is 11.7 Å². The first-order chi connectivity index (χ1) is 11.2. The highest BCUT2D eigenvalue weighted by Gasteiger charge is 2.54. The molecule has 1 nitrogen and oxygen atoms in total. The number of fused-ring (bicyclic) bond motifs is 1. The minimum absolute atomic E-state index is 0.168. The summed E-state index contributed by atoms with van der Waals surface area (Å²) in [6, 6.07) is 7.21. The first-order valence-electron chi connectivity index (χ1n) is 9.62. The molecule has 1 fully saturated rings. The third-order valence-corrected chi connectivity index (χ3v) is 6.39. The van der Waals surface area contributed by atoms with Gasteiger partial charge < -0.3 is 5.11 Å². The van der Waals surface area contributed by atoms with Crippen LogP contribution in [0.5, 0.6) is 0 Å². The van der Waals surface area contributed by atoms with Crippen LogP contribution in [-0.2, 0) is 10.8 Å². The Morgan fingerprint density at radius 1 is 1.21 bits per heavy atom. The highest BCUT2D eigenvalue weighted by atomic mass is 16.3. The number of hydrogen-bond acceptors (Lipinski definition) is 1. The van der Waals surface area contributed by atoms with E-state index in [9.17, 15) is 5.11 Å². The quantitative estimate of drug-likeness (QED) is 0.736. The van der Waals surface area contributed by atoms with E-state index in [1.54, 1.807) is 0 Å². The molecule has 0 aliphatic heterocycles. The maximum Gasteiger partial charge on any atom is 0.0468 e. The zero-order valence-electron chi connectivity index (χ0n) is 16.4. The molecule has 0 amide bonds. The van der Waals surface area contributed by atoms with Crippen LogP contribution in [0, 0.1) is 11.3 Å². The molecule has 0 unspecified atom stereocenters. The molecule has 0 bridgehead atoms. The lowest BCUT2D eigenvalue weighted by atomic mass is 9.67. The highest BCUT2D eigenvalue weighted by Crippen LogP contribution is 2.58. The van der Waals surface area contributed by atoms with Gasteiger partial charge in [0.05, 0.1) is 0 Å². The fraction of sp³-hybridized carbons (Fsp3) is 0.652. The Balaban J connectivity index is 2.11. The van der Waals surface area contributed by atoms with Gasteiger partial charge in [-0.3, -0.25) is 0 Å². The molecule has 1 N–H and O–H groups in total. The van der Waals surface area contributed by atoms with E-state index < -0.39 is 0 Å². The second-order valence-electron chi connectivity index (χ2n) is 9.71. The van der Waals surface area contributed by atoms with Crippen LogP contribution in [0.15, 0.2) is 24.3 Å². The average Bonchev–Trinajstić information content (AvgIpc) is 3.20. The normalized spacial score (nSPS) is 28.3. The summed E-state index contributed by atoms with van der Waals surface area (Å²) in [5.74, 6) is 0.453. The van der Waals surface area contributed by atoms with Crippen LogP contribution >= 0.6 is 0 Å². The van der Waals surface area contributed by atoms with Crippen molar-refractivity contribution in [2.75, 3.05) is 6.61 Å². The lowest BCUT2D eigenvalue weighted by Gasteiger charge is -2.37. The smallest absolute Gasteiger partial charge is 0.0468 e. The number of hydrogen-bond donors (Lipinski definition) is 1. The van der Waals surface area contributed by atoms with Crippen LogP contribution in [0.2, 0.25) is 0 Å². The van der Waals surface area contributed by atoms with Crippen molar-refractivity contribution in [3.05, 3.63) is 41.0 Å². The van der Waals surface area contributed by atoms with Crippen molar-refractivity contribution in [1.29, 1.82) is 0 Å². The van der Waals surface area contributed by atoms with Gasteiger partial charge in [0.25, 0.3) is 0 Å². The maximum atomic E-state index is 9.72. The maximum absolute atomic E-state index is 9.72. The van der Waals surface area contributed by atoms with Gasteiger partial charge in [0.2, 0.25) is 0 Å². The molecular weight excluding hydrogens is 292 g/mol. The summed E-state index contributed by atoms with van der Waals surface area (Å²) < 4.78 is 0. The van der Waals surface area contributed by atoms with Crippen LogP contribution in [0.3, 0.4) is 0 Å². The first-order valence-corrected chi connectivity index (χ1v) is 9.62. The molecule has 132 valence electrons. The largest absolute Gasteiger partial charge is 0.396 e. The Hall–Kier alpha value is -1.08. The van der Waals surface area contributed by atoms with Gasteiger partial charge in [-0.05, 0) is 58.3 Å². The van der Waals surface area contributed by atoms with Crippen molar-refractivity contribution < 1.29 is 5.11 Å². The number of aliphatic hydroxyl groups excluding tert-OH is 1. The SMILES string of the molecule is CCC[C@]1(c2ccc3c(c2)C(C(C)(C)C)=CCC3(C)C)C[C@H]1CO. The van der Waals surface area contributed by atoms with Crippen molar-refractivity contribution >= 4 is 5.57 Å². The lowest BCUT2D eigenvalue weighted by Crippen LogP contribution is -2.25. The summed E-state index contributed by atoms with van der Waals surface area (Å²) in [6.45, 7) is 14.3. The highest BCUT2D eigenvalue weighted by molar-refractivity contribution is 5.75. The summed E-state index contributed by atoms with van der Waals surface area (Å²) in [5.41, 5.74) is 6.49. The molecule has 0 radical (unpaired) electrons. The van der Waals surface area contributed by atoms with E-state index in [1.165, 1.54) is 35.1 Å². The van der Waals surface area contributed by atoms with E-state index in [-0.39, 0.29) is 16.2 Å². The molecule has 2 atom stereocenters. The first kappa shape index (κ1) is 17.7. The lowest BCUT2D eigenvalue weighted by molar-refractivity contribution is 0.261. The van der Waals surface area contributed by atoms with Gasteiger partial charge in [0, 0.05) is 12.0 Å². The number of rotatable bonds is 4. The van der Waals surface area contributed by atoms with Crippen molar-refractivity contribution in [2.45, 2.75) is 78.1 Å². The van der Waals surface area contributed by atoms with Crippen molar-refractivity contribution in [3.63, 3.8) is 0 Å². The zero-order chi connectivity index (χ0) is 17.8. The predicted molar refractivity (Wildman–Crippen MR) is 103 cm³/mol. The number of allylic oxidation sites excluding steroid dienone is 2. The molecule has 2 aliphatic carbocycles. The van der Waals surface area contributed by atoms with Crippen molar-refractivity contribution in [2.24, 2.45) is 11.3 Å². The monoisotopic (exact) mass is 326 g/mol. The Bertz CT molecular complexity index is 659. The molecule has 24 heavy (non-hydrogen) atoms. The fourth-order valence-electron chi connectivity index (χ4n) is 4.82. The summed E-state index contributed by atoms with van der Waals surface area (Å²) >= 11 is 0. The standard InChI is InChI=1S/C23H34O/c1-7-11-23(14-17(23)15-24)16-8-9-20-18(13-16)19(21(2,3)4)10-12-22(20,5)6/h8-10,13,17,24H,7,11-12,14-15H2,1-6H3/t17-,23+/m0/s1. The van der Waals surface area contributed by atoms with Crippen LogP contribution < -0.4 is 0 Å². The zero-order valence-corrected chi connectivity index (χ0v) is 16.4. The van der Waals surface area contributed by atoms with Gasteiger partial charge >= 0.3 is 0 Å². The van der Waals surface area contributed by atoms with Crippen LogP contribution in [0.25, 0.3) is 5.57 Å². The molecule has 2 aliphatic rings. The molecule has 0 aromatic heterocycles. The van der Waals surface area contributed by atoms with E-state index >= 15 is 0 Å². The van der Waals surface area contributed by atoms with Crippen molar-refractivity contribution in [3.8, 4) is 0 Å². The second kappa shape index (κ2) is 5.73. The summed E-state index contributed by atoms with van der Waals surface area (Å²) in [4.78, 5) is 0. The van der Waals surface area contributed by atoms with Gasteiger partial charge in [0.1, 0.15) is 0 Å². The van der Waals surface area contributed by atoms with Crippen molar-refractivity contribution in [1.82, 2.24) is 0 Å². The minimum Gasteiger partial charge on any atom is -0.396 e. The van der Waals surface area contributed by atoms with E-state index in [1.807, 2.05) is 0 Å². The molecule has 1 heteroatoms. The third-order valence-electron chi connectivity index (χ3n) is 6.39. The number of aliphatic hydroxyl groups is 1. The van der Waals surface area contributed by atoms with E-state index in [0.717, 1.165) is 12.8 Å². The van der Waals surface area contributed by atoms with Gasteiger partial charge in [-0.2, -0.15) is 0 Å². The Kier molecular flexibility index (Phi) is 4.23. The fourth-order valence-corrected chi connectivity index (χ4v) is 4.82. The van der Waals surface area contributed by atoms with E-state index in [0.29, 0.717) is 12.5 Å². The van der Waals surface area contributed by atoms with E-state index in [2.05, 4.69) is 65.8 Å². The molecule has 0 heterocycles. The van der Waals surface area contributed by atoms with Gasteiger partial charge in [0.15, 0.2) is 0 Å². The van der Waals surface area contributed by atoms with Gasteiger partial charge in [-0.15, -0.1) is 0 Å². The van der Waals surface area contributed by atoms with Crippen LogP contribution in [0.4, 0.5) is 0 Å². The van der Waals surface area contributed by atoms with Gasteiger partial charge in [-0.1, -0.05) is 72.2 Å². The van der Waals surface area contributed by atoms with Gasteiger partial charge in [-0.25, -0.2) is 0 Å². The Labute approximate surface area is 148 Å². The van der Waals surface area contributed by atoms with Crippen LogP contribution in [0.1, 0.15) is 83.9 Å². The molecule has 1 aromatic rings. The molecular formula is C23H34O. The molecule has 1 saturated carbocycles. The molecule has 3 rings (SSSR count). The van der Waals surface area contributed by atoms with E-state index in [4.69, 9.17) is 0 Å². The predicted octanol–water partition coefficient (Wildman–Crippen LogP) is 5.85. The Morgan fingerprint density at radius 3 is 2.46 bits per heavy atom. The summed E-state index contributed by atoms with van der Waals surface area (Å²) in [6.07, 6.45) is 7.10. The topological polar surface area (TPSA) is 20.2 Å². The third kappa shape index (κ3) is 2.75. The second-order valence-corrected chi connectivity index (χ2v) is 9.71. The molecule has 1 aromatic carbocycles. The molecule has 0 saturated heterocycles.